The number of halogens is 2. The second kappa shape index (κ2) is 13.0. The van der Waals surface area contributed by atoms with Crippen molar-refractivity contribution in [2.45, 2.75) is 58.3 Å². The highest BCUT2D eigenvalue weighted by molar-refractivity contribution is 9.10. The van der Waals surface area contributed by atoms with Gasteiger partial charge in [0.25, 0.3) is 4.60 Å². The highest BCUT2D eigenvalue weighted by Gasteiger charge is 2.00. The maximum Gasteiger partial charge on any atom is 0.282 e. The van der Waals surface area contributed by atoms with Crippen LogP contribution >= 0.6 is 15.9 Å². The molecular weight excluding hydrogens is 325 g/mol. The number of carbonyl (C=O) groups excluding carboxylic acids is 1. The van der Waals surface area contributed by atoms with Crippen LogP contribution < -0.4 is 10.1 Å². The second-order valence-corrected chi connectivity index (χ2v) is 5.37. The fourth-order valence-corrected chi connectivity index (χ4v) is 1.89. The first-order valence-electron chi connectivity index (χ1n) is 7.09. The van der Waals surface area contributed by atoms with Crippen LogP contribution in [0.15, 0.2) is 22.9 Å². The Balaban J connectivity index is 0.000000388. The maximum atomic E-state index is 12.2. The first-order valence-corrected chi connectivity index (χ1v) is 7.88. The van der Waals surface area contributed by atoms with Crippen molar-refractivity contribution in [2.75, 3.05) is 0 Å². The van der Waals surface area contributed by atoms with Gasteiger partial charge >= 0.3 is 0 Å². The van der Waals surface area contributed by atoms with Crippen molar-refractivity contribution in [2.24, 2.45) is 0 Å². The molecule has 114 valence electrons. The van der Waals surface area contributed by atoms with Gasteiger partial charge in [0, 0.05) is 28.0 Å². The van der Waals surface area contributed by atoms with Crippen LogP contribution in [0.1, 0.15) is 58.3 Å². The lowest BCUT2D eigenvalue weighted by atomic mass is 10.1. The highest BCUT2D eigenvalue weighted by atomic mass is 79.9. The van der Waals surface area contributed by atoms with Gasteiger partial charge in [0.05, 0.1) is 0 Å². The number of hydrogen-bond acceptors (Lipinski definition) is 2. The van der Waals surface area contributed by atoms with Crippen molar-refractivity contribution >= 4 is 21.9 Å². The molecule has 20 heavy (non-hydrogen) atoms. The van der Waals surface area contributed by atoms with Gasteiger partial charge in [-0.3, -0.25) is 0 Å². The molecule has 0 spiro atoms. The number of carboxylic acid groups (broad SMARTS) is 1. The molecule has 0 aliphatic rings. The zero-order valence-electron chi connectivity index (χ0n) is 12.0. The maximum absolute atomic E-state index is 12.2. The van der Waals surface area contributed by atoms with E-state index in [4.69, 9.17) is 0 Å². The fraction of sp³-hybridized carbons (Fsp3) is 0.600. The molecule has 0 aliphatic heterocycles. The van der Waals surface area contributed by atoms with Crippen molar-refractivity contribution in [1.29, 1.82) is 0 Å². The monoisotopic (exact) mass is 347 g/mol. The van der Waals surface area contributed by atoms with Crippen LogP contribution in [0.5, 0.6) is 0 Å². The minimum Gasteiger partial charge on any atom is -0.550 e. The zero-order chi connectivity index (χ0) is 15.2. The Morgan fingerprint density at radius 3 is 2.30 bits per heavy atom. The van der Waals surface area contributed by atoms with Gasteiger partial charge in [0.15, 0.2) is 6.20 Å². The van der Waals surface area contributed by atoms with Gasteiger partial charge in [-0.05, 0) is 18.9 Å². The van der Waals surface area contributed by atoms with Crippen LogP contribution in [-0.4, -0.2) is 5.97 Å². The number of rotatable bonds is 8. The highest BCUT2D eigenvalue weighted by Crippen LogP contribution is 2.07. The molecule has 0 amide bonds. The zero-order valence-corrected chi connectivity index (χ0v) is 13.5. The van der Waals surface area contributed by atoms with Gasteiger partial charge in [0.1, 0.15) is 0 Å². The Morgan fingerprint density at radius 1 is 1.25 bits per heavy atom. The molecule has 0 radical (unpaired) electrons. The van der Waals surface area contributed by atoms with E-state index < -0.39 is 5.97 Å². The molecule has 0 fully saturated rings. The number of aliphatic carboxylic acids is 1. The molecule has 0 aromatic carbocycles. The topological polar surface area (TPSA) is 54.3 Å². The SMILES string of the molecule is CCCCCCCCCC(=O)[O-].Fc1ccc[nH+]c1Br. The van der Waals surface area contributed by atoms with Crippen LogP contribution in [-0.2, 0) is 4.79 Å². The molecule has 0 aliphatic carbocycles. The largest absolute Gasteiger partial charge is 0.550 e. The first-order chi connectivity index (χ1) is 9.57. The Bertz CT molecular complexity index is 354. The number of aromatic nitrogens is 1. The Kier molecular flexibility index (Phi) is 12.4. The number of carbonyl (C=O) groups is 1. The van der Waals surface area contributed by atoms with Crippen LogP contribution in [0.25, 0.3) is 0 Å². The normalized spacial score (nSPS) is 9.75. The first kappa shape index (κ1) is 19.0. The number of nitrogens with one attached hydrogen (secondary N) is 1. The van der Waals surface area contributed by atoms with Crippen molar-refractivity contribution < 1.29 is 19.3 Å². The summed E-state index contributed by atoms with van der Waals surface area (Å²) in [6.07, 6.45) is 9.99. The number of carboxylic acids is 1. The molecule has 0 saturated carbocycles. The lowest BCUT2D eigenvalue weighted by Crippen LogP contribution is -2.21. The van der Waals surface area contributed by atoms with Gasteiger partial charge in [-0.2, -0.15) is 4.39 Å². The van der Waals surface area contributed by atoms with Crippen LogP contribution in [0.4, 0.5) is 4.39 Å². The average Bonchev–Trinajstić information content (AvgIpc) is 2.42. The molecule has 1 aromatic rings. The van der Waals surface area contributed by atoms with Crippen molar-refractivity contribution in [3.63, 3.8) is 0 Å². The summed E-state index contributed by atoms with van der Waals surface area (Å²) < 4.78 is 12.6. The molecule has 0 bridgehead atoms. The standard InChI is InChI=1S/C10H20O2.C5H3BrFN/c1-2-3-4-5-6-7-8-9-10(11)12;6-5-4(7)2-1-3-8-5/h2-9H2,1H3,(H,11,12);1-3H. The summed E-state index contributed by atoms with van der Waals surface area (Å²) in [7, 11) is 0. The Labute approximate surface area is 128 Å². The molecule has 0 saturated heterocycles. The van der Waals surface area contributed by atoms with E-state index in [9.17, 15) is 14.3 Å². The molecule has 1 heterocycles. The van der Waals surface area contributed by atoms with E-state index in [2.05, 4.69) is 27.8 Å². The van der Waals surface area contributed by atoms with Gasteiger partial charge in [-0.1, -0.05) is 45.4 Å². The molecule has 0 unspecified atom stereocenters. The summed E-state index contributed by atoms with van der Waals surface area (Å²) in [5.41, 5.74) is 0. The lowest BCUT2D eigenvalue weighted by molar-refractivity contribution is -0.395. The fourth-order valence-electron chi connectivity index (χ4n) is 1.62. The van der Waals surface area contributed by atoms with Gasteiger partial charge < -0.3 is 9.90 Å². The predicted octanol–water partition coefficient (Wildman–Crippen LogP) is 3.28. The van der Waals surface area contributed by atoms with Crippen molar-refractivity contribution in [3.05, 3.63) is 28.7 Å². The third kappa shape index (κ3) is 12.1. The van der Waals surface area contributed by atoms with E-state index in [1.165, 1.54) is 38.2 Å². The third-order valence-electron chi connectivity index (χ3n) is 2.74. The Hall–Kier alpha value is -0.970. The summed E-state index contributed by atoms with van der Waals surface area (Å²) in [4.78, 5) is 12.7. The van der Waals surface area contributed by atoms with Gasteiger partial charge in [-0.25, -0.2) is 4.98 Å². The number of hydrogen-bond donors (Lipinski definition) is 0. The predicted molar refractivity (Wildman–Crippen MR) is 78.3 cm³/mol. The quantitative estimate of drug-likeness (QED) is 0.535. The molecular formula is C15H23BrFNO2. The number of unbranched alkanes of at least 4 members (excludes halogenated alkanes) is 6. The summed E-state index contributed by atoms with van der Waals surface area (Å²) in [6, 6.07) is 2.97. The van der Waals surface area contributed by atoms with E-state index >= 15 is 0 Å². The number of aromatic amines is 1. The summed E-state index contributed by atoms with van der Waals surface area (Å²) in [5.74, 6) is -1.18. The van der Waals surface area contributed by atoms with E-state index in [-0.39, 0.29) is 12.2 Å². The smallest absolute Gasteiger partial charge is 0.282 e. The van der Waals surface area contributed by atoms with E-state index in [0.29, 0.717) is 4.60 Å². The summed E-state index contributed by atoms with van der Waals surface area (Å²) in [6.45, 7) is 2.19. The summed E-state index contributed by atoms with van der Waals surface area (Å²) in [5, 5.41) is 10.0. The van der Waals surface area contributed by atoms with Crippen molar-refractivity contribution in [1.82, 2.24) is 0 Å². The molecule has 1 aromatic heterocycles. The van der Waals surface area contributed by atoms with Gasteiger partial charge in [-0.15, -0.1) is 0 Å². The minimum absolute atomic E-state index is 0.230. The van der Waals surface area contributed by atoms with Gasteiger partial charge in [0.2, 0.25) is 5.82 Å². The van der Waals surface area contributed by atoms with E-state index in [0.717, 1.165) is 12.8 Å². The molecule has 0 atom stereocenters. The second-order valence-electron chi connectivity index (χ2n) is 4.58. The van der Waals surface area contributed by atoms with Crippen molar-refractivity contribution in [3.8, 4) is 0 Å². The molecule has 1 N–H and O–H groups in total. The van der Waals surface area contributed by atoms with Crippen LogP contribution in [0.2, 0.25) is 0 Å². The molecule has 3 nitrogen and oxygen atoms in total. The molecule has 1 rings (SSSR count). The lowest BCUT2D eigenvalue weighted by Gasteiger charge is -2.01. The van der Waals surface area contributed by atoms with Crippen LogP contribution in [0.3, 0.4) is 0 Å². The molecule has 5 heteroatoms. The Morgan fingerprint density at radius 2 is 1.85 bits per heavy atom. The van der Waals surface area contributed by atoms with E-state index in [1.54, 1.807) is 12.3 Å². The van der Waals surface area contributed by atoms with Crippen LogP contribution in [0, 0.1) is 5.82 Å². The van der Waals surface area contributed by atoms with E-state index in [1.807, 2.05) is 0 Å². The third-order valence-corrected chi connectivity index (χ3v) is 3.35. The average molecular weight is 348 g/mol. The summed E-state index contributed by atoms with van der Waals surface area (Å²) >= 11 is 2.96. The number of H-pyrrole nitrogens is 1. The minimum atomic E-state index is -0.913. The number of pyridine rings is 1.